The van der Waals surface area contributed by atoms with Gasteiger partial charge in [-0.15, -0.1) is 12.4 Å². The van der Waals surface area contributed by atoms with Crippen LogP contribution < -0.4 is 16.0 Å². The Balaban J connectivity index is 0.00000112. The van der Waals surface area contributed by atoms with Crippen molar-refractivity contribution in [1.29, 1.82) is 0 Å². The zero-order chi connectivity index (χ0) is 9.80. The molecule has 3 nitrogen and oxygen atoms in total. The van der Waals surface area contributed by atoms with Gasteiger partial charge in [-0.05, 0) is 12.1 Å². The van der Waals surface area contributed by atoms with Crippen LogP contribution in [0.5, 0.6) is 0 Å². The maximum atomic E-state index is 5.65. The third-order valence-corrected chi connectivity index (χ3v) is 2.66. The SMILES string of the molecule is Cl.NCC1CN(c2ccccc2)CCN1. The lowest BCUT2D eigenvalue weighted by Crippen LogP contribution is -2.53. The lowest BCUT2D eigenvalue weighted by Gasteiger charge is -2.34. The number of hydrogen-bond acceptors (Lipinski definition) is 3. The summed E-state index contributed by atoms with van der Waals surface area (Å²) in [6.45, 7) is 3.82. The molecule has 0 aromatic heterocycles. The monoisotopic (exact) mass is 227 g/mol. The zero-order valence-electron chi connectivity index (χ0n) is 8.73. The van der Waals surface area contributed by atoms with Gasteiger partial charge in [0.05, 0.1) is 0 Å². The minimum absolute atomic E-state index is 0. The Morgan fingerprint density at radius 3 is 2.73 bits per heavy atom. The van der Waals surface area contributed by atoms with Crippen molar-refractivity contribution in [2.24, 2.45) is 5.73 Å². The van der Waals surface area contributed by atoms with Crippen molar-refractivity contribution in [3.05, 3.63) is 30.3 Å². The maximum Gasteiger partial charge on any atom is 0.0367 e. The lowest BCUT2D eigenvalue weighted by molar-refractivity contribution is 0.463. The molecular weight excluding hydrogens is 210 g/mol. The Morgan fingerprint density at radius 2 is 2.07 bits per heavy atom. The molecule has 1 aliphatic heterocycles. The molecule has 1 fully saturated rings. The predicted molar refractivity (Wildman–Crippen MR) is 66.7 cm³/mol. The van der Waals surface area contributed by atoms with E-state index >= 15 is 0 Å². The highest BCUT2D eigenvalue weighted by atomic mass is 35.5. The minimum Gasteiger partial charge on any atom is -0.369 e. The molecule has 84 valence electrons. The third-order valence-electron chi connectivity index (χ3n) is 2.66. The summed E-state index contributed by atoms with van der Waals surface area (Å²) >= 11 is 0. The van der Waals surface area contributed by atoms with Gasteiger partial charge in [0.2, 0.25) is 0 Å². The first kappa shape index (κ1) is 12.3. The number of hydrogen-bond donors (Lipinski definition) is 2. The van der Waals surface area contributed by atoms with Gasteiger partial charge in [-0.3, -0.25) is 0 Å². The summed E-state index contributed by atoms with van der Waals surface area (Å²) in [5, 5.41) is 3.40. The van der Waals surface area contributed by atoms with Crippen LogP contribution in [-0.2, 0) is 0 Å². The Morgan fingerprint density at radius 1 is 1.33 bits per heavy atom. The maximum absolute atomic E-state index is 5.65. The fourth-order valence-corrected chi connectivity index (χ4v) is 1.86. The van der Waals surface area contributed by atoms with Crippen LogP contribution in [0.15, 0.2) is 30.3 Å². The molecule has 1 heterocycles. The molecule has 2 rings (SSSR count). The molecule has 3 N–H and O–H groups in total. The summed E-state index contributed by atoms with van der Waals surface area (Å²) in [7, 11) is 0. The quantitative estimate of drug-likeness (QED) is 0.787. The predicted octanol–water partition coefficient (Wildman–Crippen LogP) is 0.845. The van der Waals surface area contributed by atoms with Gasteiger partial charge in [-0.25, -0.2) is 0 Å². The van der Waals surface area contributed by atoms with Crippen molar-refractivity contribution in [1.82, 2.24) is 5.32 Å². The van der Waals surface area contributed by atoms with Crippen LogP contribution in [-0.4, -0.2) is 32.2 Å². The molecule has 0 aliphatic carbocycles. The minimum atomic E-state index is 0. The van der Waals surface area contributed by atoms with Gasteiger partial charge in [0.25, 0.3) is 0 Å². The number of halogens is 1. The molecule has 1 aromatic rings. The highest BCUT2D eigenvalue weighted by molar-refractivity contribution is 5.85. The summed E-state index contributed by atoms with van der Waals surface area (Å²) in [5.41, 5.74) is 6.95. The van der Waals surface area contributed by atoms with Crippen LogP contribution >= 0.6 is 12.4 Å². The second-order valence-corrected chi connectivity index (χ2v) is 3.67. The number of nitrogens with two attached hydrogens (primary N) is 1. The summed E-state index contributed by atoms with van der Waals surface area (Å²) in [5.74, 6) is 0. The van der Waals surface area contributed by atoms with E-state index in [0.29, 0.717) is 12.6 Å². The molecule has 0 bridgehead atoms. The molecule has 1 atom stereocenters. The summed E-state index contributed by atoms with van der Waals surface area (Å²) in [6, 6.07) is 10.9. The van der Waals surface area contributed by atoms with E-state index in [-0.39, 0.29) is 12.4 Å². The van der Waals surface area contributed by atoms with Crippen LogP contribution in [0.3, 0.4) is 0 Å². The first-order valence-corrected chi connectivity index (χ1v) is 5.13. The number of nitrogens with one attached hydrogen (secondary N) is 1. The number of anilines is 1. The average Bonchev–Trinajstić information content (AvgIpc) is 2.30. The molecular formula is C11H18ClN3. The Bertz CT molecular complexity index is 278. The van der Waals surface area contributed by atoms with Gasteiger partial charge in [0.15, 0.2) is 0 Å². The van der Waals surface area contributed by atoms with Gasteiger partial charge in [-0.1, -0.05) is 18.2 Å². The number of benzene rings is 1. The van der Waals surface area contributed by atoms with Gasteiger partial charge >= 0.3 is 0 Å². The van der Waals surface area contributed by atoms with Crippen LogP contribution in [0, 0.1) is 0 Å². The van der Waals surface area contributed by atoms with Crippen molar-refractivity contribution in [3.63, 3.8) is 0 Å². The van der Waals surface area contributed by atoms with Crippen LogP contribution in [0.25, 0.3) is 0 Å². The van der Waals surface area contributed by atoms with Crippen LogP contribution in [0.2, 0.25) is 0 Å². The Kier molecular flexibility index (Phi) is 4.88. The molecule has 0 radical (unpaired) electrons. The van der Waals surface area contributed by atoms with E-state index in [1.165, 1.54) is 5.69 Å². The molecule has 4 heteroatoms. The van der Waals surface area contributed by atoms with Crippen molar-refractivity contribution in [3.8, 4) is 0 Å². The summed E-state index contributed by atoms with van der Waals surface area (Å²) in [4.78, 5) is 2.38. The van der Waals surface area contributed by atoms with E-state index in [1.54, 1.807) is 0 Å². The largest absolute Gasteiger partial charge is 0.369 e. The van der Waals surface area contributed by atoms with E-state index in [1.807, 2.05) is 6.07 Å². The van der Waals surface area contributed by atoms with E-state index in [4.69, 9.17) is 5.73 Å². The second-order valence-electron chi connectivity index (χ2n) is 3.67. The molecule has 1 saturated heterocycles. The zero-order valence-corrected chi connectivity index (χ0v) is 9.54. The third kappa shape index (κ3) is 3.09. The number of rotatable bonds is 2. The summed E-state index contributed by atoms with van der Waals surface area (Å²) in [6.07, 6.45) is 0. The average molecular weight is 228 g/mol. The Hall–Kier alpha value is -0.770. The molecule has 0 spiro atoms. The highest BCUT2D eigenvalue weighted by Crippen LogP contribution is 2.14. The number of nitrogens with zero attached hydrogens (tertiary/aromatic N) is 1. The van der Waals surface area contributed by atoms with E-state index in [0.717, 1.165) is 19.6 Å². The van der Waals surface area contributed by atoms with Gasteiger partial charge in [-0.2, -0.15) is 0 Å². The lowest BCUT2D eigenvalue weighted by atomic mass is 10.2. The fourth-order valence-electron chi connectivity index (χ4n) is 1.86. The number of piperazine rings is 1. The first-order valence-electron chi connectivity index (χ1n) is 5.13. The standard InChI is InChI=1S/C11H17N3.ClH/c12-8-10-9-14(7-6-13-10)11-4-2-1-3-5-11;/h1-5,10,13H,6-9,12H2;1H. The van der Waals surface area contributed by atoms with Gasteiger partial charge in [0, 0.05) is 37.9 Å². The molecule has 1 aliphatic rings. The normalized spacial score (nSPS) is 20.9. The smallest absolute Gasteiger partial charge is 0.0367 e. The topological polar surface area (TPSA) is 41.3 Å². The van der Waals surface area contributed by atoms with Gasteiger partial charge in [0.1, 0.15) is 0 Å². The fraction of sp³-hybridized carbons (Fsp3) is 0.455. The Labute approximate surface area is 97.1 Å². The van der Waals surface area contributed by atoms with E-state index in [9.17, 15) is 0 Å². The van der Waals surface area contributed by atoms with Crippen molar-refractivity contribution < 1.29 is 0 Å². The van der Waals surface area contributed by atoms with Crippen molar-refractivity contribution >= 4 is 18.1 Å². The van der Waals surface area contributed by atoms with E-state index in [2.05, 4.69) is 34.5 Å². The molecule has 0 saturated carbocycles. The van der Waals surface area contributed by atoms with Crippen LogP contribution in [0.4, 0.5) is 5.69 Å². The van der Waals surface area contributed by atoms with Crippen LogP contribution in [0.1, 0.15) is 0 Å². The molecule has 15 heavy (non-hydrogen) atoms. The van der Waals surface area contributed by atoms with Crippen molar-refractivity contribution in [2.45, 2.75) is 6.04 Å². The van der Waals surface area contributed by atoms with Crippen molar-refractivity contribution in [2.75, 3.05) is 31.1 Å². The van der Waals surface area contributed by atoms with Gasteiger partial charge < -0.3 is 16.0 Å². The number of para-hydroxylation sites is 1. The molecule has 1 unspecified atom stereocenters. The highest BCUT2D eigenvalue weighted by Gasteiger charge is 2.17. The van der Waals surface area contributed by atoms with E-state index < -0.39 is 0 Å². The summed E-state index contributed by atoms with van der Waals surface area (Å²) < 4.78 is 0. The molecule has 1 aromatic carbocycles. The second kappa shape index (κ2) is 5.95. The first-order chi connectivity index (χ1) is 6.90. The molecule has 0 amide bonds.